The molecule has 19 heavy (non-hydrogen) atoms. The van der Waals surface area contributed by atoms with Gasteiger partial charge >= 0.3 is 0 Å². The van der Waals surface area contributed by atoms with E-state index in [0.717, 1.165) is 24.2 Å². The van der Waals surface area contributed by atoms with Crippen LogP contribution in [0.4, 0.5) is 5.69 Å². The molecule has 2 N–H and O–H groups in total. The van der Waals surface area contributed by atoms with Gasteiger partial charge in [0.2, 0.25) is 0 Å². The molecule has 1 aliphatic rings. The molecule has 102 valence electrons. The van der Waals surface area contributed by atoms with E-state index in [1.165, 1.54) is 0 Å². The highest BCUT2D eigenvalue weighted by molar-refractivity contribution is 5.95. The Bertz CT molecular complexity index is 486. The Morgan fingerprint density at radius 1 is 1.47 bits per heavy atom. The highest BCUT2D eigenvalue weighted by atomic mass is 16.5. The van der Waals surface area contributed by atoms with Crippen molar-refractivity contribution in [1.29, 1.82) is 0 Å². The zero-order chi connectivity index (χ0) is 13.7. The first-order valence-corrected chi connectivity index (χ1v) is 6.41. The average molecular weight is 262 g/mol. The van der Waals surface area contributed by atoms with Gasteiger partial charge in [-0.3, -0.25) is 4.79 Å². The van der Waals surface area contributed by atoms with Crippen LogP contribution in [0, 0.1) is 0 Å². The summed E-state index contributed by atoms with van der Waals surface area (Å²) in [5.74, 6) is 0.800. The van der Waals surface area contributed by atoms with Crippen LogP contribution in [0.25, 0.3) is 0 Å². The van der Waals surface area contributed by atoms with E-state index in [-0.39, 0.29) is 18.3 Å². The van der Waals surface area contributed by atoms with Crippen LogP contribution in [-0.4, -0.2) is 24.8 Å². The molecule has 1 aromatic rings. The number of benzene rings is 1. The normalized spacial score (nSPS) is 13.4. The van der Waals surface area contributed by atoms with Crippen LogP contribution in [0.2, 0.25) is 0 Å². The molecule has 1 aliphatic heterocycles. The van der Waals surface area contributed by atoms with Gasteiger partial charge in [0.05, 0.1) is 5.69 Å². The van der Waals surface area contributed by atoms with Gasteiger partial charge in [-0.05, 0) is 37.6 Å². The molecule has 1 aromatic carbocycles. The number of nitrogens with one attached hydrogen (secondary N) is 2. The fourth-order valence-corrected chi connectivity index (χ4v) is 1.94. The number of ketones is 1. The summed E-state index contributed by atoms with van der Waals surface area (Å²) in [5.41, 5.74) is 1.80. The number of carbonyl (C=O) groups excluding carboxylic acids is 2. The zero-order valence-electron chi connectivity index (χ0n) is 11.0. The Morgan fingerprint density at radius 2 is 2.32 bits per heavy atom. The quantitative estimate of drug-likeness (QED) is 0.762. The molecule has 5 heteroatoms. The number of fused-ring (bicyclic) bond motifs is 1. The molecule has 0 bridgehead atoms. The standard InChI is InChI=1S/C14H18N2O3/c1-10(17)3-2-6-15-8-11-4-5-13-12(7-11)16-14(18)9-19-13/h4-5,7,15H,2-3,6,8-9H2,1H3,(H,16,18). The lowest BCUT2D eigenvalue weighted by Crippen LogP contribution is -2.25. The smallest absolute Gasteiger partial charge is 0.262 e. The van der Waals surface area contributed by atoms with Crippen molar-refractivity contribution in [1.82, 2.24) is 5.32 Å². The SMILES string of the molecule is CC(=O)CCCNCc1ccc2c(c1)NC(=O)CO2. The minimum Gasteiger partial charge on any atom is -0.482 e. The number of anilines is 1. The summed E-state index contributed by atoms with van der Waals surface area (Å²) in [6, 6.07) is 5.74. The van der Waals surface area contributed by atoms with Crippen LogP contribution in [0.3, 0.4) is 0 Å². The van der Waals surface area contributed by atoms with E-state index in [0.29, 0.717) is 18.7 Å². The second kappa shape index (κ2) is 6.33. The lowest BCUT2D eigenvalue weighted by Gasteiger charge is -2.18. The van der Waals surface area contributed by atoms with Crippen molar-refractivity contribution >= 4 is 17.4 Å². The Kier molecular flexibility index (Phi) is 4.52. The molecule has 2 rings (SSSR count). The van der Waals surface area contributed by atoms with Crippen molar-refractivity contribution in [3.8, 4) is 5.75 Å². The number of Topliss-reactive ketones (excluding diaryl/α,β-unsaturated/α-hetero) is 1. The van der Waals surface area contributed by atoms with Crippen LogP contribution in [0.1, 0.15) is 25.3 Å². The Morgan fingerprint density at radius 3 is 3.11 bits per heavy atom. The van der Waals surface area contributed by atoms with Crippen molar-refractivity contribution in [2.75, 3.05) is 18.5 Å². The molecule has 0 aromatic heterocycles. The Labute approximate surface area is 112 Å². The van der Waals surface area contributed by atoms with Gasteiger partial charge in [-0.15, -0.1) is 0 Å². The highest BCUT2D eigenvalue weighted by Crippen LogP contribution is 2.28. The lowest BCUT2D eigenvalue weighted by molar-refractivity contribution is -0.119. The molecule has 0 spiro atoms. The maximum atomic E-state index is 11.2. The van der Waals surface area contributed by atoms with E-state index in [1.54, 1.807) is 6.92 Å². The summed E-state index contributed by atoms with van der Waals surface area (Å²) in [6.45, 7) is 3.20. The molecular formula is C14H18N2O3. The summed E-state index contributed by atoms with van der Waals surface area (Å²) in [6.07, 6.45) is 1.46. The minimum absolute atomic E-state index is 0.0790. The largest absolute Gasteiger partial charge is 0.482 e. The fraction of sp³-hybridized carbons (Fsp3) is 0.429. The molecule has 0 unspecified atom stereocenters. The van der Waals surface area contributed by atoms with Gasteiger partial charge in [0.15, 0.2) is 6.61 Å². The Hall–Kier alpha value is -1.88. The van der Waals surface area contributed by atoms with E-state index < -0.39 is 0 Å². The molecule has 1 heterocycles. The first-order valence-electron chi connectivity index (χ1n) is 6.41. The van der Waals surface area contributed by atoms with Gasteiger partial charge in [-0.1, -0.05) is 6.07 Å². The molecule has 5 nitrogen and oxygen atoms in total. The predicted octanol–water partition coefficient (Wildman–Crippen LogP) is 1.48. The summed E-state index contributed by atoms with van der Waals surface area (Å²) < 4.78 is 5.29. The van der Waals surface area contributed by atoms with Gasteiger partial charge in [0.25, 0.3) is 5.91 Å². The fourth-order valence-electron chi connectivity index (χ4n) is 1.94. The van der Waals surface area contributed by atoms with E-state index >= 15 is 0 Å². The molecule has 0 radical (unpaired) electrons. The summed E-state index contributed by atoms with van der Waals surface area (Å²) in [4.78, 5) is 22.0. The minimum atomic E-state index is -0.126. The number of amides is 1. The monoisotopic (exact) mass is 262 g/mol. The third-order valence-corrected chi connectivity index (χ3v) is 2.89. The average Bonchev–Trinajstić information content (AvgIpc) is 2.37. The second-order valence-corrected chi connectivity index (χ2v) is 4.65. The number of hydrogen-bond donors (Lipinski definition) is 2. The van der Waals surface area contributed by atoms with E-state index in [2.05, 4.69) is 10.6 Å². The first-order chi connectivity index (χ1) is 9.15. The number of carbonyl (C=O) groups is 2. The number of rotatable bonds is 6. The topological polar surface area (TPSA) is 67.4 Å². The van der Waals surface area contributed by atoms with Crippen molar-refractivity contribution in [2.45, 2.75) is 26.3 Å². The van der Waals surface area contributed by atoms with Crippen LogP contribution < -0.4 is 15.4 Å². The van der Waals surface area contributed by atoms with E-state index in [1.807, 2.05) is 18.2 Å². The maximum Gasteiger partial charge on any atom is 0.262 e. The van der Waals surface area contributed by atoms with Crippen LogP contribution in [0.15, 0.2) is 18.2 Å². The highest BCUT2D eigenvalue weighted by Gasteiger charge is 2.15. The molecule has 0 saturated heterocycles. The van der Waals surface area contributed by atoms with Crippen molar-refractivity contribution in [2.24, 2.45) is 0 Å². The van der Waals surface area contributed by atoms with Gasteiger partial charge in [0.1, 0.15) is 11.5 Å². The molecule has 0 atom stereocenters. The predicted molar refractivity (Wildman–Crippen MR) is 72.2 cm³/mol. The second-order valence-electron chi connectivity index (χ2n) is 4.65. The number of ether oxygens (including phenoxy) is 1. The van der Waals surface area contributed by atoms with Gasteiger partial charge < -0.3 is 20.2 Å². The summed E-state index contributed by atoms with van der Waals surface area (Å²) in [7, 11) is 0. The van der Waals surface area contributed by atoms with Crippen molar-refractivity contribution in [3.63, 3.8) is 0 Å². The molecule has 0 aliphatic carbocycles. The third kappa shape index (κ3) is 4.06. The van der Waals surface area contributed by atoms with Crippen molar-refractivity contribution < 1.29 is 14.3 Å². The van der Waals surface area contributed by atoms with Crippen molar-refractivity contribution in [3.05, 3.63) is 23.8 Å². The maximum absolute atomic E-state index is 11.2. The first kappa shape index (κ1) is 13.5. The van der Waals surface area contributed by atoms with Gasteiger partial charge in [0, 0.05) is 13.0 Å². The molecule has 0 fully saturated rings. The zero-order valence-corrected chi connectivity index (χ0v) is 11.0. The Balaban J connectivity index is 1.83. The number of hydrogen-bond acceptors (Lipinski definition) is 4. The third-order valence-electron chi connectivity index (χ3n) is 2.89. The van der Waals surface area contributed by atoms with Crippen LogP contribution in [0.5, 0.6) is 5.75 Å². The van der Waals surface area contributed by atoms with E-state index in [4.69, 9.17) is 4.74 Å². The summed E-state index contributed by atoms with van der Waals surface area (Å²) in [5, 5.41) is 6.05. The molecule has 1 amide bonds. The van der Waals surface area contributed by atoms with Gasteiger partial charge in [-0.2, -0.15) is 0 Å². The van der Waals surface area contributed by atoms with Crippen LogP contribution in [-0.2, 0) is 16.1 Å². The molecular weight excluding hydrogens is 244 g/mol. The summed E-state index contributed by atoms with van der Waals surface area (Å²) >= 11 is 0. The van der Waals surface area contributed by atoms with Crippen LogP contribution >= 0.6 is 0 Å². The lowest BCUT2D eigenvalue weighted by atomic mass is 10.1. The van der Waals surface area contributed by atoms with Gasteiger partial charge in [-0.25, -0.2) is 0 Å². The molecule has 0 saturated carbocycles. The van der Waals surface area contributed by atoms with E-state index in [9.17, 15) is 9.59 Å².